The summed E-state index contributed by atoms with van der Waals surface area (Å²) in [5.74, 6) is 0.585. The molecule has 0 bridgehead atoms. The van der Waals surface area contributed by atoms with E-state index >= 15 is 0 Å². The minimum absolute atomic E-state index is 0. The molecule has 1 N–H and O–H groups in total. The van der Waals surface area contributed by atoms with Crippen LogP contribution in [0.15, 0.2) is 23.3 Å². The van der Waals surface area contributed by atoms with Gasteiger partial charge in [-0.3, -0.25) is 4.99 Å². The molecule has 1 atom stereocenters. The number of nitrogens with one attached hydrogen (secondary N) is 1. The molecule has 1 unspecified atom stereocenters. The first-order chi connectivity index (χ1) is 9.63. The normalized spacial score (nSPS) is 17.3. The molecule has 0 saturated carbocycles. The summed E-state index contributed by atoms with van der Waals surface area (Å²) >= 11 is 0. The maximum absolute atomic E-state index is 5.62. The quantitative estimate of drug-likeness (QED) is 0.826. The standard InChI is InChI=1S/C14H16N5O.Pd/c1-8(2)20-13-5-10-12(6-15-13)18-19-14(10)11-4-9(3)16-7-17-11;/h4-9H,1-3H3,(H-,16,17,18,19);/q-1;. The van der Waals surface area contributed by atoms with E-state index in [-0.39, 0.29) is 32.6 Å². The third-order valence-electron chi connectivity index (χ3n) is 2.92. The summed E-state index contributed by atoms with van der Waals surface area (Å²) in [6, 6.07) is 2.01. The molecule has 1 aliphatic rings. The molecule has 0 aromatic carbocycles. The van der Waals surface area contributed by atoms with Gasteiger partial charge in [0.1, 0.15) is 0 Å². The topological polar surface area (TPSA) is 73.5 Å². The zero-order valence-corrected chi connectivity index (χ0v) is 13.5. The number of hydrogen-bond acceptors (Lipinski definition) is 5. The van der Waals surface area contributed by atoms with E-state index in [1.807, 2.05) is 32.9 Å². The van der Waals surface area contributed by atoms with Gasteiger partial charge in [0.15, 0.2) is 0 Å². The van der Waals surface area contributed by atoms with Gasteiger partial charge in [-0.1, -0.05) is 5.52 Å². The number of aromatic nitrogens is 3. The van der Waals surface area contributed by atoms with Crippen LogP contribution < -0.4 is 15.2 Å². The van der Waals surface area contributed by atoms with Crippen LogP contribution in [0.3, 0.4) is 0 Å². The summed E-state index contributed by atoms with van der Waals surface area (Å²) in [5, 5.41) is 12.4. The Labute approximate surface area is 136 Å². The molecule has 2 aromatic rings. The zero-order valence-electron chi connectivity index (χ0n) is 12.0. The second-order valence-electron chi connectivity index (χ2n) is 5.00. The number of hydrogen-bond donors (Lipinski definition) is 1. The van der Waals surface area contributed by atoms with E-state index in [1.165, 1.54) is 0 Å². The second-order valence-corrected chi connectivity index (χ2v) is 5.00. The van der Waals surface area contributed by atoms with Crippen molar-refractivity contribution in [1.29, 1.82) is 0 Å². The summed E-state index contributed by atoms with van der Waals surface area (Å²) < 4.78 is 5.62. The van der Waals surface area contributed by atoms with Crippen molar-refractivity contribution in [3.8, 4) is 5.88 Å². The summed E-state index contributed by atoms with van der Waals surface area (Å²) in [6.07, 6.45) is 5.48. The predicted octanol–water partition coefficient (Wildman–Crippen LogP) is 1.73. The SMILES string of the molecule is CC1C=C(c2n[n-]c3cnc(OC(C)C)cc23)NC=N1.[Pd]. The van der Waals surface area contributed by atoms with Crippen LogP contribution in [0.4, 0.5) is 0 Å². The second kappa shape index (κ2) is 6.37. The van der Waals surface area contributed by atoms with Crippen molar-refractivity contribution < 1.29 is 25.2 Å². The Balaban J connectivity index is 0.00000161. The van der Waals surface area contributed by atoms with E-state index in [2.05, 4.69) is 25.5 Å². The molecule has 0 amide bonds. The van der Waals surface area contributed by atoms with Crippen molar-refractivity contribution in [1.82, 2.24) is 20.5 Å². The van der Waals surface area contributed by atoms with Gasteiger partial charge in [0.25, 0.3) is 0 Å². The fourth-order valence-electron chi connectivity index (χ4n) is 2.06. The Morgan fingerprint density at radius 2 is 2.19 bits per heavy atom. The van der Waals surface area contributed by atoms with E-state index in [4.69, 9.17) is 4.74 Å². The predicted molar refractivity (Wildman–Crippen MR) is 77.7 cm³/mol. The van der Waals surface area contributed by atoms with Gasteiger partial charge in [0.05, 0.1) is 29.9 Å². The smallest absolute Gasteiger partial charge is 0.214 e. The summed E-state index contributed by atoms with van der Waals surface area (Å²) in [5.41, 5.74) is 2.47. The zero-order chi connectivity index (χ0) is 14.1. The molecule has 3 heterocycles. The maximum atomic E-state index is 5.62. The van der Waals surface area contributed by atoms with Gasteiger partial charge < -0.3 is 20.3 Å². The third-order valence-corrected chi connectivity index (χ3v) is 2.92. The number of ether oxygens (including phenoxy) is 1. The molecule has 21 heavy (non-hydrogen) atoms. The van der Waals surface area contributed by atoms with Crippen LogP contribution in [-0.2, 0) is 20.4 Å². The Kier molecular flexibility index (Phi) is 4.76. The van der Waals surface area contributed by atoms with Crippen LogP contribution in [0, 0.1) is 0 Å². The van der Waals surface area contributed by atoms with E-state index in [0.717, 1.165) is 22.3 Å². The van der Waals surface area contributed by atoms with Crippen LogP contribution in [-0.4, -0.2) is 28.6 Å². The van der Waals surface area contributed by atoms with Crippen molar-refractivity contribution in [3.63, 3.8) is 0 Å². The third kappa shape index (κ3) is 3.31. The molecule has 6 nitrogen and oxygen atoms in total. The summed E-state index contributed by atoms with van der Waals surface area (Å²) in [4.78, 5) is 8.46. The molecule has 114 valence electrons. The van der Waals surface area contributed by atoms with Gasteiger partial charge in [0.2, 0.25) is 5.88 Å². The Hall–Kier alpha value is -1.71. The molecule has 7 heteroatoms. The van der Waals surface area contributed by atoms with E-state index in [9.17, 15) is 0 Å². The summed E-state index contributed by atoms with van der Waals surface area (Å²) in [6.45, 7) is 5.96. The maximum Gasteiger partial charge on any atom is 0.214 e. The minimum atomic E-state index is 0. The minimum Gasteiger partial charge on any atom is -0.573 e. The molecule has 0 aliphatic carbocycles. The van der Waals surface area contributed by atoms with Gasteiger partial charge >= 0.3 is 0 Å². The molecular weight excluding hydrogens is 361 g/mol. The van der Waals surface area contributed by atoms with Crippen LogP contribution in [0.1, 0.15) is 26.5 Å². The van der Waals surface area contributed by atoms with Crippen LogP contribution in [0.25, 0.3) is 16.6 Å². The first-order valence-corrected chi connectivity index (χ1v) is 6.59. The molecule has 1 aliphatic heterocycles. The average Bonchev–Trinajstić information content (AvgIpc) is 2.81. The van der Waals surface area contributed by atoms with E-state index in [1.54, 1.807) is 12.5 Å². The first-order valence-electron chi connectivity index (χ1n) is 6.59. The summed E-state index contributed by atoms with van der Waals surface area (Å²) in [7, 11) is 0. The molecule has 0 saturated heterocycles. The fraction of sp³-hybridized carbons (Fsp3) is 0.357. The van der Waals surface area contributed by atoms with Gasteiger partial charge in [-0.2, -0.15) is 0 Å². The molecule has 0 radical (unpaired) electrons. The first kappa shape index (κ1) is 15.7. The van der Waals surface area contributed by atoms with Crippen molar-refractivity contribution in [3.05, 3.63) is 24.0 Å². The molecule has 3 rings (SSSR count). The van der Waals surface area contributed by atoms with Gasteiger partial charge in [-0.15, -0.1) is 0 Å². The van der Waals surface area contributed by atoms with Crippen molar-refractivity contribution in [2.24, 2.45) is 4.99 Å². The van der Waals surface area contributed by atoms with Gasteiger partial charge in [-0.25, -0.2) is 4.98 Å². The number of rotatable bonds is 3. The molecular formula is C14H16N5OPd-. The van der Waals surface area contributed by atoms with Crippen molar-refractivity contribution in [2.75, 3.05) is 0 Å². The Morgan fingerprint density at radius 1 is 1.38 bits per heavy atom. The molecule has 0 fully saturated rings. The monoisotopic (exact) mass is 376 g/mol. The Bertz CT molecular complexity index is 692. The van der Waals surface area contributed by atoms with Crippen LogP contribution in [0.5, 0.6) is 5.88 Å². The van der Waals surface area contributed by atoms with Crippen molar-refractivity contribution in [2.45, 2.75) is 32.9 Å². The van der Waals surface area contributed by atoms with Crippen LogP contribution in [0.2, 0.25) is 0 Å². The van der Waals surface area contributed by atoms with Crippen molar-refractivity contribution >= 4 is 22.9 Å². The fourth-order valence-corrected chi connectivity index (χ4v) is 2.06. The molecule has 0 spiro atoms. The average molecular weight is 377 g/mol. The van der Waals surface area contributed by atoms with E-state index in [0.29, 0.717) is 5.88 Å². The number of pyridine rings is 1. The number of fused-ring (bicyclic) bond motifs is 1. The number of nitrogens with zero attached hydrogens (tertiary/aromatic N) is 4. The molecule has 2 aromatic heterocycles. The Morgan fingerprint density at radius 3 is 2.90 bits per heavy atom. The van der Waals surface area contributed by atoms with E-state index < -0.39 is 0 Å². The number of aliphatic imine (C=N–C) groups is 1. The van der Waals surface area contributed by atoms with Crippen LogP contribution >= 0.6 is 0 Å². The largest absolute Gasteiger partial charge is 0.573 e. The van der Waals surface area contributed by atoms with Gasteiger partial charge in [0, 0.05) is 32.7 Å². The van der Waals surface area contributed by atoms with Gasteiger partial charge in [-0.05, 0) is 32.2 Å².